The van der Waals surface area contributed by atoms with E-state index in [4.69, 9.17) is 5.11 Å². The van der Waals surface area contributed by atoms with Crippen molar-refractivity contribution in [3.05, 3.63) is 0 Å². The lowest BCUT2D eigenvalue weighted by molar-refractivity contribution is -0.139. The van der Waals surface area contributed by atoms with Crippen molar-refractivity contribution in [1.82, 2.24) is 5.32 Å². The minimum absolute atomic E-state index is 0.323. The van der Waals surface area contributed by atoms with Crippen molar-refractivity contribution in [1.29, 1.82) is 0 Å². The van der Waals surface area contributed by atoms with E-state index in [1.54, 1.807) is 0 Å². The highest BCUT2D eigenvalue weighted by Crippen LogP contribution is 2.28. The van der Waals surface area contributed by atoms with E-state index in [-0.39, 0.29) is 6.04 Å². The lowest BCUT2D eigenvalue weighted by Crippen LogP contribution is -2.42. The van der Waals surface area contributed by atoms with Crippen molar-refractivity contribution in [3.63, 3.8) is 0 Å². The lowest BCUT2D eigenvalue weighted by atomic mass is 9.98. The first-order valence-electron chi connectivity index (χ1n) is 7.62. The fraction of sp³-hybridized carbons (Fsp3) is 0.933. The van der Waals surface area contributed by atoms with Gasteiger partial charge in [-0.1, -0.05) is 45.4 Å². The predicted molar refractivity (Wildman–Crippen MR) is 74.7 cm³/mol. The Morgan fingerprint density at radius 1 is 1.33 bits per heavy atom. The van der Waals surface area contributed by atoms with E-state index >= 15 is 0 Å². The maximum atomic E-state index is 11.1. The van der Waals surface area contributed by atoms with E-state index in [1.807, 2.05) is 0 Å². The smallest absolute Gasteiger partial charge is 0.320 e. The van der Waals surface area contributed by atoms with Crippen molar-refractivity contribution in [3.8, 4) is 0 Å². The first kappa shape index (κ1) is 15.5. The molecule has 2 N–H and O–H groups in total. The van der Waals surface area contributed by atoms with Gasteiger partial charge in [-0.25, -0.2) is 0 Å². The third-order valence-corrected chi connectivity index (χ3v) is 4.11. The van der Waals surface area contributed by atoms with Crippen LogP contribution in [0.5, 0.6) is 0 Å². The number of carbonyl (C=O) groups is 1. The number of carboxylic acids is 1. The summed E-state index contributed by atoms with van der Waals surface area (Å²) < 4.78 is 0. The molecule has 1 aliphatic carbocycles. The molecule has 0 amide bonds. The summed E-state index contributed by atoms with van der Waals surface area (Å²) in [7, 11) is 0. The van der Waals surface area contributed by atoms with Crippen LogP contribution in [0.1, 0.15) is 71.6 Å². The van der Waals surface area contributed by atoms with E-state index in [2.05, 4.69) is 19.2 Å². The van der Waals surface area contributed by atoms with Gasteiger partial charge in [0.1, 0.15) is 6.04 Å². The topological polar surface area (TPSA) is 49.3 Å². The predicted octanol–water partition coefficient (Wildman–Crippen LogP) is 3.58. The van der Waals surface area contributed by atoms with Crippen LogP contribution < -0.4 is 5.32 Å². The van der Waals surface area contributed by atoms with Crippen molar-refractivity contribution in [2.75, 3.05) is 0 Å². The van der Waals surface area contributed by atoms with Gasteiger partial charge in [0.15, 0.2) is 0 Å². The summed E-state index contributed by atoms with van der Waals surface area (Å²) in [6.45, 7) is 4.22. The maximum absolute atomic E-state index is 11.1. The number of aliphatic carboxylic acids is 1. The molecule has 0 aliphatic heterocycles. The summed E-state index contributed by atoms with van der Waals surface area (Å²) in [5.74, 6) is 0.198. The van der Waals surface area contributed by atoms with Crippen LogP contribution >= 0.6 is 0 Å². The summed E-state index contributed by atoms with van der Waals surface area (Å²) >= 11 is 0. The number of hydrogen-bond donors (Lipinski definition) is 2. The number of hydrogen-bond acceptors (Lipinski definition) is 2. The minimum atomic E-state index is -0.698. The Labute approximate surface area is 111 Å². The third-order valence-electron chi connectivity index (χ3n) is 4.11. The summed E-state index contributed by atoms with van der Waals surface area (Å²) in [4.78, 5) is 11.1. The van der Waals surface area contributed by atoms with Crippen LogP contribution in [-0.2, 0) is 4.79 Å². The number of nitrogens with one attached hydrogen (secondary N) is 1. The van der Waals surface area contributed by atoms with Crippen LogP contribution in [-0.4, -0.2) is 23.2 Å². The summed E-state index contributed by atoms with van der Waals surface area (Å²) in [6.07, 6.45) is 10.7. The van der Waals surface area contributed by atoms with Crippen LogP contribution in [0.3, 0.4) is 0 Å². The molecule has 1 fully saturated rings. The van der Waals surface area contributed by atoms with Crippen molar-refractivity contribution in [2.24, 2.45) is 5.92 Å². The molecule has 0 saturated heterocycles. The van der Waals surface area contributed by atoms with Crippen LogP contribution in [0.15, 0.2) is 0 Å². The standard InChI is InChI=1S/C15H29NO2/c1-3-4-9-14(15(17)18)16-12(2)10-11-13-7-5-6-8-13/h12-14,16H,3-11H2,1-2H3,(H,17,18). The first-order valence-corrected chi connectivity index (χ1v) is 7.62. The molecule has 0 bridgehead atoms. The molecular formula is C15H29NO2. The lowest BCUT2D eigenvalue weighted by Gasteiger charge is -2.21. The van der Waals surface area contributed by atoms with Gasteiger partial charge in [-0.15, -0.1) is 0 Å². The van der Waals surface area contributed by atoms with Gasteiger partial charge < -0.3 is 10.4 Å². The molecular weight excluding hydrogens is 226 g/mol. The number of unbranched alkanes of at least 4 members (excludes halogenated alkanes) is 1. The molecule has 0 radical (unpaired) electrons. The molecule has 2 atom stereocenters. The zero-order valence-electron chi connectivity index (χ0n) is 12.0. The van der Waals surface area contributed by atoms with Gasteiger partial charge in [0.2, 0.25) is 0 Å². The molecule has 3 heteroatoms. The Hall–Kier alpha value is -0.570. The monoisotopic (exact) mass is 255 g/mol. The Kier molecular flexibility index (Phi) is 7.33. The average Bonchev–Trinajstić information content (AvgIpc) is 2.84. The van der Waals surface area contributed by atoms with E-state index in [0.717, 1.165) is 31.6 Å². The molecule has 1 saturated carbocycles. The Balaban J connectivity index is 2.22. The highest BCUT2D eigenvalue weighted by Gasteiger charge is 2.20. The molecule has 106 valence electrons. The van der Waals surface area contributed by atoms with Gasteiger partial charge in [-0.05, 0) is 32.1 Å². The summed E-state index contributed by atoms with van der Waals surface area (Å²) in [6, 6.07) is -0.0351. The summed E-state index contributed by atoms with van der Waals surface area (Å²) in [5.41, 5.74) is 0. The van der Waals surface area contributed by atoms with Gasteiger partial charge in [0.25, 0.3) is 0 Å². The highest BCUT2D eigenvalue weighted by molar-refractivity contribution is 5.73. The molecule has 1 aliphatic rings. The fourth-order valence-electron chi connectivity index (χ4n) is 2.90. The molecule has 0 aromatic rings. The number of rotatable bonds is 9. The van der Waals surface area contributed by atoms with Gasteiger partial charge in [0, 0.05) is 6.04 Å². The molecule has 18 heavy (non-hydrogen) atoms. The Morgan fingerprint density at radius 2 is 2.00 bits per heavy atom. The van der Waals surface area contributed by atoms with Crippen LogP contribution in [0.2, 0.25) is 0 Å². The maximum Gasteiger partial charge on any atom is 0.320 e. The molecule has 1 rings (SSSR count). The van der Waals surface area contributed by atoms with Gasteiger partial charge in [-0.2, -0.15) is 0 Å². The van der Waals surface area contributed by atoms with Crippen LogP contribution in [0, 0.1) is 5.92 Å². The Morgan fingerprint density at radius 3 is 2.56 bits per heavy atom. The average molecular weight is 255 g/mol. The normalized spacial score (nSPS) is 19.9. The highest BCUT2D eigenvalue weighted by atomic mass is 16.4. The fourth-order valence-corrected chi connectivity index (χ4v) is 2.90. The van der Waals surface area contributed by atoms with E-state index in [9.17, 15) is 4.79 Å². The molecule has 3 nitrogen and oxygen atoms in total. The van der Waals surface area contributed by atoms with Crippen molar-refractivity contribution >= 4 is 5.97 Å². The second kappa shape index (κ2) is 8.52. The molecule has 0 heterocycles. The van der Waals surface area contributed by atoms with Crippen LogP contribution in [0.25, 0.3) is 0 Å². The Bertz CT molecular complexity index is 237. The SMILES string of the molecule is CCCCC(NC(C)CCC1CCCC1)C(=O)O. The zero-order valence-corrected chi connectivity index (χ0v) is 12.0. The zero-order chi connectivity index (χ0) is 13.4. The molecule has 0 spiro atoms. The second-order valence-electron chi connectivity index (χ2n) is 5.83. The molecule has 2 unspecified atom stereocenters. The van der Waals surface area contributed by atoms with Gasteiger partial charge in [0.05, 0.1) is 0 Å². The quantitative estimate of drug-likeness (QED) is 0.662. The van der Waals surface area contributed by atoms with E-state index < -0.39 is 5.97 Å². The van der Waals surface area contributed by atoms with E-state index in [0.29, 0.717) is 6.04 Å². The molecule has 0 aromatic heterocycles. The van der Waals surface area contributed by atoms with Crippen LogP contribution in [0.4, 0.5) is 0 Å². The largest absolute Gasteiger partial charge is 0.480 e. The van der Waals surface area contributed by atoms with E-state index in [1.165, 1.54) is 32.1 Å². The van der Waals surface area contributed by atoms with Crippen molar-refractivity contribution < 1.29 is 9.90 Å². The first-order chi connectivity index (χ1) is 8.63. The minimum Gasteiger partial charge on any atom is -0.480 e. The second-order valence-corrected chi connectivity index (χ2v) is 5.83. The molecule has 0 aromatic carbocycles. The van der Waals surface area contributed by atoms with Crippen molar-refractivity contribution in [2.45, 2.75) is 83.7 Å². The summed E-state index contributed by atoms with van der Waals surface area (Å²) in [5, 5.41) is 12.4. The van der Waals surface area contributed by atoms with Gasteiger partial charge in [-0.3, -0.25) is 4.79 Å². The number of carboxylic acid groups (broad SMARTS) is 1. The third kappa shape index (κ3) is 5.85. The van der Waals surface area contributed by atoms with Gasteiger partial charge >= 0.3 is 5.97 Å².